The molecule has 1 amide bonds. The standard InChI is InChI=1S/C8H16N2O/c1-8(9-7-11)10-5-3-2-4-6-10/h7-8H,2-6H2,1H3,(H,9,11). The van der Waals surface area contributed by atoms with E-state index in [1.165, 1.54) is 19.3 Å². The van der Waals surface area contributed by atoms with E-state index in [4.69, 9.17) is 0 Å². The molecular formula is C8H16N2O. The van der Waals surface area contributed by atoms with E-state index in [0.717, 1.165) is 19.5 Å². The maximum atomic E-state index is 10.1. The van der Waals surface area contributed by atoms with Gasteiger partial charge in [-0.25, -0.2) is 0 Å². The highest BCUT2D eigenvalue weighted by atomic mass is 16.1. The maximum Gasteiger partial charge on any atom is 0.208 e. The number of amides is 1. The summed E-state index contributed by atoms with van der Waals surface area (Å²) in [6.07, 6.45) is 4.87. The van der Waals surface area contributed by atoms with E-state index in [2.05, 4.69) is 10.2 Å². The van der Waals surface area contributed by atoms with Gasteiger partial charge in [0.05, 0.1) is 6.17 Å². The highest BCUT2D eigenvalue weighted by molar-refractivity contribution is 5.46. The monoisotopic (exact) mass is 156 g/mol. The Labute approximate surface area is 67.8 Å². The molecule has 0 aromatic carbocycles. The fraction of sp³-hybridized carbons (Fsp3) is 0.875. The Balaban J connectivity index is 2.26. The summed E-state index contributed by atoms with van der Waals surface area (Å²) in [6.45, 7) is 4.28. The zero-order valence-corrected chi connectivity index (χ0v) is 7.05. The van der Waals surface area contributed by atoms with E-state index in [-0.39, 0.29) is 6.17 Å². The van der Waals surface area contributed by atoms with Gasteiger partial charge < -0.3 is 5.32 Å². The van der Waals surface area contributed by atoms with E-state index in [1.54, 1.807) is 0 Å². The lowest BCUT2D eigenvalue weighted by atomic mass is 10.1. The normalized spacial score (nSPS) is 22.6. The molecule has 0 radical (unpaired) electrons. The molecule has 1 fully saturated rings. The minimum Gasteiger partial charge on any atom is -0.343 e. The third kappa shape index (κ3) is 2.50. The fourth-order valence-corrected chi connectivity index (χ4v) is 1.51. The van der Waals surface area contributed by atoms with Gasteiger partial charge in [0.1, 0.15) is 0 Å². The maximum absolute atomic E-state index is 10.1. The summed E-state index contributed by atoms with van der Waals surface area (Å²) in [7, 11) is 0. The largest absolute Gasteiger partial charge is 0.343 e. The molecule has 1 rings (SSSR count). The van der Waals surface area contributed by atoms with Crippen LogP contribution < -0.4 is 5.32 Å². The number of carbonyl (C=O) groups is 1. The zero-order chi connectivity index (χ0) is 8.10. The van der Waals surface area contributed by atoms with Crippen molar-refractivity contribution in [3.05, 3.63) is 0 Å². The van der Waals surface area contributed by atoms with Gasteiger partial charge in [-0.1, -0.05) is 6.42 Å². The van der Waals surface area contributed by atoms with Crippen LogP contribution >= 0.6 is 0 Å². The third-order valence-electron chi connectivity index (χ3n) is 2.25. The first-order valence-corrected chi connectivity index (χ1v) is 4.28. The molecule has 1 heterocycles. The first-order chi connectivity index (χ1) is 5.34. The number of likely N-dealkylation sites (tertiary alicyclic amines) is 1. The Morgan fingerprint density at radius 2 is 2.00 bits per heavy atom. The van der Waals surface area contributed by atoms with Gasteiger partial charge in [-0.15, -0.1) is 0 Å². The predicted molar refractivity (Wildman–Crippen MR) is 44.1 cm³/mol. The van der Waals surface area contributed by atoms with Gasteiger partial charge in [0.15, 0.2) is 0 Å². The number of hydrogen-bond acceptors (Lipinski definition) is 2. The quantitative estimate of drug-likeness (QED) is 0.606. The van der Waals surface area contributed by atoms with Crippen molar-refractivity contribution in [3.8, 4) is 0 Å². The van der Waals surface area contributed by atoms with E-state index in [0.29, 0.717) is 0 Å². The predicted octanol–water partition coefficient (Wildman–Crippen LogP) is 0.564. The van der Waals surface area contributed by atoms with Crippen LogP contribution in [0.2, 0.25) is 0 Å². The summed E-state index contributed by atoms with van der Waals surface area (Å²) >= 11 is 0. The lowest BCUT2D eigenvalue weighted by Gasteiger charge is -2.31. The molecule has 1 aliphatic heterocycles. The SMILES string of the molecule is CC(NC=O)N1CCCCC1. The Morgan fingerprint density at radius 1 is 1.36 bits per heavy atom. The van der Waals surface area contributed by atoms with Crippen molar-refractivity contribution < 1.29 is 4.79 Å². The minimum atomic E-state index is 0.216. The first kappa shape index (κ1) is 8.53. The second kappa shape index (κ2) is 4.34. The number of carbonyl (C=O) groups excluding carboxylic acids is 1. The summed E-state index contributed by atoms with van der Waals surface area (Å²) < 4.78 is 0. The van der Waals surface area contributed by atoms with Crippen LogP contribution in [-0.4, -0.2) is 30.6 Å². The van der Waals surface area contributed by atoms with Crippen molar-refractivity contribution >= 4 is 6.41 Å². The van der Waals surface area contributed by atoms with Crippen molar-refractivity contribution in [1.29, 1.82) is 0 Å². The summed E-state index contributed by atoms with van der Waals surface area (Å²) in [4.78, 5) is 12.4. The molecule has 0 spiro atoms. The topological polar surface area (TPSA) is 32.3 Å². The fourth-order valence-electron chi connectivity index (χ4n) is 1.51. The molecule has 0 aromatic heterocycles. The molecule has 3 nitrogen and oxygen atoms in total. The molecule has 0 saturated carbocycles. The van der Waals surface area contributed by atoms with Crippen LogP contribution in [0.5, 0.6) is 0 Å². The lowest BCUT2D eigenvalue weighted by Crippen LogP contribution is -2.45. The third-order valence-corrected chi connectivity index (χ3v) is 2.25. The van der Waals surface area contributed by atoms with Gasteiger partial charge in [0.2, 0.25) is 6.41 Å². The van der Waals surface area contributed by atoms with Gasteiger partial charge in [-0.05, 0) is 19.8 Å². The smallest absolute Gasteiger partial charge is 0.208 e. The van der Waals surface area contributed by atoms with Crippen molar-refractivity contribution in [3.63, 3.8) is 0 Å². The van der Waals surface area contributed by atoms with Crippen LogP contribution in [-0.2, 0) is 4.79 Å². The summed E-state index contributed by atoms with van der Waals surface area (Å²) in [6, 6.07) is 0. The van der Waals surface area contributed by atoms with Crippen LogP contribution in [0.25, 0.3) is 0 Å². The summed E-state index contributed by atoms with van der Waals surface area (Å²) in [5, 5.41) is 2.76. The van der Waals surface area contributed by atoms with Gasteiger partial charge in [0.25, 0.3) is 0 Å². The average Bonchev–Trinajstić information content (AvgIpc) is 2.07. The number of nitrogens with one attached hydrogen (secondary N) is 1. The van der Waals surface area contributed by atoms with E-state index >= 15 is 0 Å². The van der Waals surface area contributed by atoms with E-state index in [1.807, 2.05) is 6.92 Å². The number of piperidine rings is 1. The van der Waals surface area contributed by atoms with Crippen LogP contribution in [0.1, 0.15) is 26.2 Å². The second-order valence-electron chi connectivity index (χ2n) is 3.06. The molecular weight excluding hydrogens is 140 g/mol. The molecule has 1 saturated heterocycles. The van der Waals surface area contributed by atoms with Gasteiger partial charge >= 0.3 is 0 Å². The molecule has 1 N–H and O–H groups in total. The lowest BCUT2D eigenvalue weighted by molar-refractivity contribution is -0.111. The second-order valence-corrected chi connectivity index (χ2v) is 3.06. The molecule has 1 atom stereocenters. The van der Waals surface area contributed by atoms with Gasteiger partial charge in [0, 0.05) is 13.1 Å². The Morgan fingerprint density at radius 3 is 2.55 bits per heavy atom. The van der Waals surface area contributed by atoms with Crippen molar-refractivity contribution in [2.75, 3.05) is 13.1 Å². The minimum absolute atomic E-state index is 0.216. The molecule has 1 aliphatic rings. The zero-order valence-electron chi connectivity index (χ0n) is 7.05. The van der Waals surface area contributed by atoms with Crippen molar-refractivity contribution in [1.82, 2.24) is 10.2 Å². The van der Waals surface area contributed by atoms with Gasteiger partial charge in [-0.3, -0.25) is 9.69 Å². The molecule has 0 aromatic rings. The molecule has 0 aliphatic carbocycles. The van der Waals surface area contributed by atoms with Crippen molar-refractivity contribution in [2.45, 2.75) is 32.4 Å². The molecule has 1 unspecified atom stereocenters. The van der Waals surface area contributed by atoms with Crippen LogP contribution in [0, 0.1) is 0 Å². The highest BCUT2D eigenvalue weighted by Crippen LogP contribution is 2.09. The molecule has 64 valence electrons. The Hall–Kier alpha value is -0.570. The van der Waals surface area contributed by atoms with E-state index < -0.39 is 0 Å². The first-order valence-electron chi connectivity index (χ1n) is 4.28. The molecule has 3 heteroatoms. The van der Waals surface area contributed by atoms with E-state index in [9.17, 15) is 4.79 Å². The average molecular weight is 156 g/mol. The number of hydrogen-bond donors (Lipinski definition) is 1. The number of nitrogens with zero attached hydrogens (tertiary/aromatic N) is 1. The number of rotatable bonds is 3. The van der Waals surface area contributed by atoms with Crippen LogP contribution in [0.4, 0.5) is 0 Å². The summed E-state index contributed by atoms with van der Waals surface area (Å²) in [5.74, 6) is 0. The Kier molecular flexibility index (Phi) is 3.36. The van der Waals surface area contributed by atoms with Crippen LogP contribution in [0.15, 0.2) is 0 Å². The van der Waals surface area contributed by atoms with Crippen LogP contribution in [0.3, 0.4) is 0 Å². The van der Waals surface area contributed by atoms with Gasteiger partial charge in [-0.2, -0.15) is 0 Å². The Bertz CT molecular complexity index is 121. The summed E-state index contributed by atoms with van der Waals surface area (Å²) in [5.41, 5.74) is 0. The van der Waals surface area contributed by atoms with Crippen molar-refractivity contribution in [2.24, 2.45) is 0 Å². The molecule has 0 bridgehead atoms. The highest BCUT2D eigenvalue weighted by Gasteiger charge is 2.14. The molecule has 11 heavy (non-hydrogen) atoms.